The zero-order valence-electron chi connectivity index (χ0n) is 20.6. The lowest BCUT2D eigenvalue weighted by Crippen LogP contribution is -2.51. The van der Waals surface area contributed by atoms with Crippen molar-refractivity contribution in [2.24, 2.45) is 5.92 Å². The van der Waals surface area contributed by atoms with Crippen molar-refractivity contribution in [3.63, 3.8) is 0 Å². The van der Waals surface area contributed by atoms with Crippen LogP contribution in [0.5, 0.6) is 0 Å². The van der Waals surface area contributed by atoms with Crippen LogP contribution in [0.4, 0.5) is 4.39 Å². The Balaban J connectivity index is 1.83. The molecule has 3 rings (SSSR count). The van der Waals surface area contributed by atoms with Gasteiger partial charge in [0.1, 0.15) is 11.9 Å². The molecule has 0 unspecified atom stereocenters. The summed E-state index contributed by atoms with van der Waals surface area (Å²) in [7, 11) is 0. The Morgan fingerprint density at radius 3 is 2.31 bits per heavy atom. The second-order valence-electron chi connectivity index (χ2n) is 9.12. The molecule has 0 bridgehead atoms. The smallest absolute Gasteiger partial charge is 0.243 e. The van der Waals surface area contributed by atoms with Crippen molar-refractivity contribution in [1.82, 2.24) is 10.2 Å². The number of rotatable bonds is 12. The van der Waals surface area contributed by atoms with E-state index in [1.807, 2.05) is 62.4 Å². The van der Waals surface area contributed by atoms with Gasteiger partial charge in [-0.25, -0.2) is 4.39 Å². The molecule has 0 spiro atoms. The van der Waals surface area contributed by atoms with Crippen molar-refractivity contribution in [2.45, 2.75) is 38.6 Å². The van der Waals surface area contributed by atoms with Crippen LogP contribution in [0.25, 0.3) is 0 Å². The minimum atomic E-state index is -0.677. The number of carbonyl (C=O) groups is 2. The van der Waals surface area contributed by atoms with Gasteiger partial charge in [-0.05, 0) is 46.9 Å². The normalized spacial score (nSPS) is 11.8. The third kappa shape index (κ3) is 8.99. The highest BCUT2D eigenvalue weighted by molar-refractivity contribution is 7.99. The predicted octanol–water partition coefficient (Wildman–Crippen LogP) is 6.12. The van der Waals surface area contributed by atoms with Gasteiger partial charge >= 0.3 is 0 Å². The van der Waals surface area contributed by atoms with Gasteiger partial charge in [0, 0.05) is 30.3 Å². The van der Waals surface area contributed by atoms with Crippen molar-refractivity contribution in [1.29, 1.82) is 0 Å². The summed E-state index contributed by atoms with van der Waals surface area (Å²) in [4.78, 5) is 28.7. The molecule has 0 aliphatic carbocycles. The summed E-state index contributed by atoms with van der Waals surface area (Å²) in [6.45, 7) is 4.87. The van der Waals surface area contributed by atoms with Gasteiger partial charge in [0.2, 0.25) is 11.8 Å². The molecule has 3 aromatic rings. The van der Waals surface area contributed by atoms with Gasteiger partial charge in [-0.15, -0.1) is 11.8 Å². The van der Waals surface area contributed by atoms with E-state index in [2.05, 4.69) is 5.32 Å². The van der Waals surface area contributed by atoms with E-state index in [1.54, 1.807) is 23.1 Å². The van der Waals surface area contributed by atoms with Crippen LogP contribution in [0.2, 0.25) is 5.02 Å². The second kappa shape index (κ2) is 14.0. The Morgan fingerprint density at radius 1 is 0.944 bits per heavy atom. The van der Waals surface area contributed by atoms with Crippen LogP contribution in [-0.4, -0.2) is 35.1 Å². The van der Waals surface area contributed by atoms with E-state index < -0.39 is 6.04 Å². The fraction of sp³-hybridized carbons (Fsp3) is 0.310. The number of hydrogen-bond acceptors (Lipinski definition) is 3. The molecule has 0 radical (unpaired) electrons. The summed E-state index contributed by atoms with van der Waals surface area (Å²) in [6.07, 6.45) is 0.402. The minimum absolute atomic E-state index is 0.136. The number of hydrogen-bond donors (Lipinski definition) is 1. The zero-order valence-corrected chi connectivity index (χ0v) is 22.2. The molecule has 0 aliphatic rings. The van der Waals surface area contributed by atoms with Crippen molar-refractivity contribution in [3.05, 3.63) is 106 Å². The van der Waals surface area contributed by atoms with Crippen molar-refractivity contribution in [2.75, 3.05) is 12.3 Å². The van der Waals surface area contributed by atoms with Crippen LogP contribution >= 0.6 is 23.4 Å². The van der Waals surface area contributed by atoms with Gasteiger partial charge in [-0.2, -0.15) is 0 Å². The number of halogens is 2. The van der Waals surface area contributed by atoms with Crippen LogP contribution < -0.4 is 5.32 Å². The molecule has 0 saturated heterocycles. The molecule has 7 heteroatoms. The fourth-order valence-corrected chi connectivity index (χ4v) is 4.81. The Morgan fingerprint density at radius 2 is 1.64 bits per heavy atom. The third-order valence-corrected chi connectivity index (χ3v) is 6.83. The number of nitrogens with one attached hydrogen (secondary N) is 1. The zero-order chi connectivity index (χ0) is 25.9. The molecule has 3 aromatic carbocycles. The summed E-state index contributed by atoms with van der Waals surface area (Å²) in [6, 6.07) is 22.7. The number of amides is 2. The average molecular weight is 527 g/mol. The van der Waals surface area contributed by atoms with Crippen molar-refractivity contribution < 1.29 is 14.0 Å². The van der Waals surface area contributed by atoms with E-state index in [0.29, 0.717) is 23.7 Å². The fourth-order valence-electron chi connectivity index (χ4n) is 3.73. The highest BCUT2D eigenvalue weighted by Gasteiger charge is 2.30. The second-order valence-corrected chi connectivity index (χ2v) is 10.5. The molecular weight excluding hydrogens is 495 g/mol. The van der Waals surface area contributed by atoms with E-state index in [1.165, 1.54) is 23.9 Å². The topological polar surface area (TPSA) is 49.4 Å². The molecule has 0 aromatic heterocycles. The molecule has 1 atom stereocenters. The Hall–Kier alpha value is -2.83. The van der Waals surface area contributed by atoms with Gasteiger partial charge in [0.05, 0.1) is 5.75 Å². The predicted molar refractivity (Wildman–Crippen MR) is 146 cm³/mol. The molecule has 4 nitrogen and oxygen atoms in total. The van der Waals surface area contributed by atoms with Crippen LogP contribution in [-0.2, 0) is 28.3 Å². The lowest BCUT2D eigenvalue weighted by Gasteiger charge is -2.32. The van der Waals surface area contributed by atoms with Crippen LogP contribution in [0.3, 0.4) is 0 Å². The van der Waals surface area contributed by atoms with Crippen molar-refractivity contribution in [3.8, 4) is 0 Å². The molecule has 190 valence electrons. The first-order valence-electron chi connectivity index (χ1n) is 12.0. The van der Waals surface area contributed by atoms with Gasteiger partial charge in [0.15, 0.2) is 0 Å². The van der Waals surface area contributed by atoms with Gasteiger partial charge in [-0.3, -0.25) is 9.59 Å². The first-order chi connectivity index (χ1) is 17.3. The van der Waals surface area contributed by atoms with Gasteiger partial charge in [0.25, 0.3) is 0 Å². The summed E-state index contributed by atoms with van der Waals surface area (Å²) >= 11 is 7.66. The Kier molecular flexibility index (Phi) is 10.8. The van der Waals surface area contributed by atoms with Crippen molar-refractivity contribution >= 4 is 35.2 Å². The maximum atomic E-state index is 13.6. The standard InChI is InChI=1S/C29H32ClFN2O2S/c1-21(2)17-32-29(35)27(16-22-7-4-3-5-8-22)33(18-24-9-6-10-25(30)15-24)28(34)20-36-19-23-11-13-26(31)14-12-23/h3-15,21,27H,16-20H2,1-2H3,(H,32,35)/t27-/m0/s1. The van der Waals surface area contributed by atoms with E-state index >= 15 is 0 Å². The lowest BCUT2D eigenvalue weighted by molar-refractivity contribution is -0.139. The summed E-state index contributed by atoms with van der Waals surface area (Å²) < 4.78 is 13.2. The van der Waals surface area contributed by atoms with Crippen LogP contribution in [0, 0.1) is 11.7 Å². The Labute approximate surface area is 222 Å². The highest BCUT2D eigenvalue weighted by atomic mass is 35.5. The average Bonchev–Trinajstić information content (AvgIpc) is 2.86. The van der Waals surface area contributed by atoms with E-state index in [0.717, 1.165) is 16.7 Å². The quantitative estimate of drug-likeness (QED) is 0.309. The Bertz CT molecular complexity index is 1130. The molecule has 0 fully saturated rings. The van der Waals surface area contributed by atoms with E-state index in [-0.39, 0.29) is 35.8 Å². The summed E-state index contributed by atoms with van der Waals surface area (Å²) in [5.74, 6) is 0.452. The first-order valence-corrected chi connectivity index (χ1v) is 13.5. The third-order valence-electron chi connectivity index (χ3n) is 5.61. The molecule has 0 heterocycles. The number of nitrogens with zero attached hydrogens (tertiary/aromatic N) is 1. The summed E-state index contributed by atoms with van der Waals surface area (Å²) in [5.41, 5.74) is 2.77. The molecule has 0 saturated carbocycles. The van der Waals surface area contributed by atoms with E-state index in [4.69, 9.17) is 11.6 Å². The SMILES string of the molecule is CC(C)CNC(=O)[C@H](Cc1ccccc1)N(Cc1cccc(Cl)c1)C(=O)CSCc1ccc(F)cc1. The van der Waals surface area contributed by atoms with E-state index in [9.17, 15) is 14.0 Å². The molecule has 0 aliphatic heterocycles. The lowest BCUT2D eigenvalue weighted by atomic mass is 10.0. The molecular formula is C29H32ClFN2O2S. The number of benzene rings is 3. The largest absolute Gasteiger partial charge is 0.354 e. The summed E-state index contributed by atoms with van der Waals surface area (Å²) in [5, 5.41) is 3.60. The molecule has 2 amide bonds. The number of thioether (sulfide) groups is 1. The maximum absolute atomic E-state index is 13.6. The number of carbonyl (C=O) groups excluding carboxylic acids is 2. The van der Waals surface area contributed by atoms with Gasteiger partial charge < -0.3 is 10.2 Å². The highest BCUT2D eigenvalue weighted by Crippen LogP contribution is 2.20. The monoisotopic (exact) mass is 526 g/mol. The van der Waals surface area contributed by atoms with Crippen LogP contribution in [0.1, 0.15) is 30.5 Å². The van der Waals surface area contributed by atoms with Gasteiger partial charge in [-0.1, -0.05) is 80.0 Å². The maximum Gasteiger partial charge on any atom is 0.243 e. The minimum Gasteiger partial charge on any atom is -0.354 e. The first kappa shape index (κ1) is 27.8. The molecule has 1 N–H and O–H groups in total. The molecule has 36 heavy (non-hydrogen) atoms. The van der Waals surface area contributed by atoms with Crippen LogP contribution in [0.15, 0.2) is 78.9 Å².